The summed E-state index contributed by atoms with van der Waals surface area (Å²) < 4.78 is 12.5. The third-order valence-electron chi connectivity index (χ3n) is 2.81. The first-order valence-corrected chi connectivity index (χ1v) is 5.13. The van der Waals surface area contributed by atoms with Gasteiger partial charge >= 0.3 is 0 Å². The summed E-state index contributed by atoms with van der Waals surface area (Å²) in [5, 5.41) is 3.33. The number of nitrogens with zero attached hydrogens (tertiary/aromatic N) is 1. The molecule has 78 valence electrons. The van der Waals surface area contributed by atoms with Crippen molar-refractivity contribution in [2.24, 2.45) is 0 Å². The van der Waals surface area contributed by atoms with E-state index in [9.17, 15) is 4.39 Å². The first-order chi connectivity index (χ1) is 6.81. The Hall–Kier alpha value is -0.900. The van der Waals surface area contributed by atoms with Gasteiger partial charge in [-0.1, -0.05) is 0 Å². The van der Waals surface area contributed by atoms with Crippen molar-refractivity contribution in [3.63, 3.8) is 0 Å². The minimum Gasteiger partial charge on any atom is -0.346 e. The van der Waals surface area contributed by atoms with Gasteiger partial charge in [0.05, 0.1) is 5.69 Å². The molecule has 2 rings (SSSR count). The second kappa shape index (κ2) is 4.09. The quantitative estimate of drug-likeness (QED) is 0.757. The number of aromatic nitrogens is 2. The van der Waals surface area contributed by atoms with Gasteiger partial charge in [0, 0.05) is 18.2 Å². The van der Waals surface area contributed by atoms with Crippen LogP contribution in [-0.2, 0) is 6.67 Å². The normalized spacial score (nSPS) is 22.6. The van der Waals surface area contributed by atoms with Crippen molar-refractivity contribution in [1.29, 1.82) is 0 Å². The van der Waals surface area contributed by atoms with Crippen molar-refractivity contribution in [2.75, 3.05) is 13.1 Å². The molecular weight excluding hydrogens is 181 g/mol. The van der Waals surface area contributed by atoms with Gasteiger partial charge in [0.25, 0.3) is 0 Å². The zero-order chi connectivity index (χ0) is 9.97. The molecule has 0 bridgehead atoms. The molecule has 1 fully saturated rings. The Morgan fingerprint density at radius 1 is 1.57 bits per heavy atom. The zero-order valence-corrected chi connectivity index (χ0v) is 8.44. The summed E-state index contributed by atoms with van der Waals surface area (Å²) in [5.41, 5.74) is 1.43. The summed E-state index contributed by atoms with van der Waals surface area (Å²) in [6.07, 6.45) is 2.32. The fraction of sp³-hybridized carbons (Fsp3) is 0.700. The number of alkyl halides is 1. The second-order valence-electron chi connectivity index (χ2n) is 3.87. The van der Waals surface area contributed by atoms with Crippen molar-refractivity contribution < 1.29 is 4.39 Å². The number of nitrogens with one attached hydrogen (secondary N) is 2. The van der Waals surface area contributed by atoms with Crippen molar-refractivity contribution in [3.8, 4) is 0 Å². The average Bonchev–Trinajstić information content (AvgIpc) is 2.61. The number of hydrogen-bond donors (Lipinski definition) is 2. The minimum atomic E-state index is -0.470. The lowest BCUT2D eigenvalue weighted by Gasteiger charge is -2.20. The molecular formula is C10H16FN3. The van der Waals surface area contributed by atoms with E-state index in [0.717, 1.165) is 31.0 Å². The molecule has 1 unspecified atom stereocenters. The van der Waals surface area contributed by atoms with Crippen LogP contribution in [0.1, 0.15) is 36.0 Å². The molecule has 1 saturated heterocycles. The van der Waals surface area contributed by atoms with Gasteiger partial charge in [-0.25, -0.2) is 9.37 Å². The van der Waals surface area contributed by atoms with E-state index in [1.165, 1.54) is 6.42 Å². The third-order valence-corrected chi connectivity index (χ3v) is 2.81. The Kier molecular flexibility index (Phi) is 2.82. The summed E-state index contributed by atoms with van der Waals surface area (Å²) in [4.78, 5) is 7.46. The van der Waals surface area contributed by atoms with E-state index in [1.54, 1.807) is 0 Å². The van der Waals surface area contributed by atoms with Crippen molar-refractivity contribution in [2.45, 2.75) is 32.4 Å². The Morgan fingerprint density at radius 3 is 3.00 bits per heavy atom. The first-order valence-electron chi connectivity index (χ1n) is 5.13. The fourth-order valence-corrected chi connectivity index (χ4v) is 1.93. The second-order valence-corrected chi connectivity index (χ2v) is 3.87. The number of imidazole rings is 1. The maximum absolute atomic E-state index is 12.5. The van der Waals surface area contributed by atoms with Crippen LogP contribution in [0.4, 0.5) is 4.39 Å². The number of aryl methyl sites for hydroxylation is 1. The van der Waals surface area contributed by atoms with Crippen LogP contribution in [0.5, 0.6) is 0 Å². The predicted molar refractivity (Wildman–Crippen MR) is 53.0 cm³/mol. The molecule has 1 aromatic heterocycles. The molecule has 1 aliphatic heterocycles. The molecule has 1 atom stereocenters. The van der Waals surface area contributed by atoms with Gasteiger partial charge < -0.3 is 10.3 Å². The van der Waals surface area contributed by atoms with Gasteiger partial charge in [-0.3, -0.25) is 0 Å². The van der Waals surface area contributed by atoms with Crippen molar-refractivity contribution >= 4 is 0 Å². The van der Waals surface area contributed by atoms with Crippen LogP contribution in [0.25, 0.3) is 0 Å². The molecule has 3 nitrogen and oxygen atoms in total. The van der Waals surface area contributed by atoms with Crippen LogP contribution in [-0.4, -0.2) is 23.1 Å². The van der Waals surface area contributed by atoms with E-state index in [2.05, 4.69) is 15.3 Å². The molecule has 0 spiro atoms. The Morgan fingerprint density at radius 2 is 2.43 bits per heavy atom. The molecule has 4 heteroatoms. The SMILES string of the molecule is Cc1[nH]c(C2CCCNC2)nc1CF. The Labute approximate surface area is 83.1 Å². The highest BCUT2D eigenvalue weighted by atomic mass is 19.1. The monoisotopic (exact) mass is 197 g/mol. The number of H-pyrrole nitrogens is 1. The number of rotatable bonds is 2. The van der Waals surface area contributed by atoms with Gasteiger partial charge in [0.15, 0.2) is 0 Å². The van der Waals surface area contributed by atoms with Gasteiger partial charge in [-0.05, 0) is 26.3 Å². The summed E-state index contributed by atoms with van der Waals surface area (Å²) in [6, 6.07) is 0. The molecule has 1 aliphatic rings. The van der Waals surface area contributed by atoms with E-state index in [4.69, 9.17) is 0 Å². The lowest BCUT2D eigenvalue weighted by molar-refractivity contribution is 0.445. The van der Waals surface area contributed by atoms with Gasteiger partial charge in [0.2, 0.25) is 0 Å². The summed E-state index contributed by atoms with van der Waals surface area (Å²) in [7, 11) is 0. The lowest BCUT2D eigenvalue weighted by atomic mass is 9.99. The fourth-order valence-electron chi connectivity index (χ4n) is 1.93. The van der Waals surface area contributed by atoms with E-state index in [-0.39, 0.29) is 0 Å². The van der Waals surface area contributed by atoms with E-state index in [1.807, 2.05) is 6.92 Å². The van der Waals surface area contributed by atoms with E-state index >= 15 is 0 Å². The minimum absolute atomic E-state index is 0.433. The number of halogens is 1. The summed E-state index contributed by atoms with van der Waals surface area (Å²) >= 11 is 0. The van der Waals surface area contributed by atoms with Crippen LogP contribution < -0.4 is 5.32 Å². The van der Waals surface area contributed by atoms with Crippen molar-refractivity contribution in [1.82, 2.24) is 15.3 Å². The molecule has 2 N–H and O–H groups in total. The van der Waals surface area contributed by atoms with Crippen molar-refractivity contribution in [3.05, 3.63) is 17.2 Å². The highest BCUT2D eigenvalue weighted by molar-refractivity contribution is 5.15. The summed E-state index contributed by atoms with van der Waals surface area (Å²) in [5.74, 6) is 1.38. The Bertz CT molecular complexity index is 302. The van der Waals surface area contributed by atoms with Gasteiger partial charge in [-0.15, -0.1) is 0 Å². The molecule has 0 aliphatic carbocycles. The van der Waals surface area contributed by atoms with E-state index in [0.29, 0.717) is 11.6 Å². The number of aromatic amines is 1. The van der Waals surface area contributed by atoms with Crippen LogP contribution in [0, 0.1) is 6.92 Å². The highest BCUT2D eigenvalue weighted by Gasteiger charge is 2.19. The molecule has 0 amide bonds. The third kappa shape index (κ3) is 1.80. The van der Waals surface area contributed by atoms with Crippen LogP contribution in [0.15, 0.2) is 0 Å². The topological polar surface area (TPSA) is 40.7 Å². The molecule has 2 heterocycles. The van der Waals surface area contributed by atoms with Gasteiger partial charge in [-0.2, -0.15) is 0 Å². The molecule has 0 saturated carbocycles. The van der Waals surface area contributed by atoms with Gasteiger partial charge in [0.1, 0.15) is 12.5 Å². The zero-order valence-electron chi connectivity index (χ0n) is 8.44. The van der Waals surface area contributed by atoms with Crippen LogP contribution in [0.3, 0.4) is 0 Å². The number of piperidine rings is 1. The van der Waals surface area contributed by atoms with E-state index < -0.39 is 6.67 Å². The number of hydrogen-bond acceptors (Lipinski definition) is 2. The maximum atomic E-state index is 12.5. The molecule has 14 heavy (non-hydrogen) atoms. The first kappa shape index (κ1) is 9.65. The largest absolute Gasteiger partial charge is 0.346 e. The highest BCUT2D eigenvalue weighted by Crippen LogP contribution is 2.21. The summed E-state index contributed by atoms with van der Waals surface area (Å²) in [6.45, 7) is 3.45. The standard InChI is InChI=1S/C10H16FN3/c1-7-9(5-11)14-10(13-7)8-3-2-4-12-6-8/h8,12H,2-6H2,1H3,(H,13,14). The maximum Gasteiger partial charge on any atom is 0.133 e. The predicted octanol–water partition coefficient (Wildman–Crippen LogP) is 1.65. The molecule has 0 radical (unpaired) electrons. The Balaban J connectivity index is 2.14. The molecule has 1 aromatic rings. The van der Waals surface area contributed by atoms with Crippen LogP contribution in [0.2, 0.25) is 0 Å². The molecule has 0 aromatic carbocycles. The lowest BCUT2D eigenvalue weighted by Crippen LogP contribution is -2.28. The average molecular weight is 197 g/mol. The smallest absolute Gasteiger partial charge is 0.133 e. The van der Waals surface area contributed by atoms with Crippen LogP contribution >= 0.6 is 0 Å².